The second-order valence-corrected chi connectivity index (χ2v) is 7.45. The van der Waals surface area contributed by atoms with Gasteiger partial charge in [0, 0.05) is 37.8 Å². The Bertz CT molecular complexity index is 966. The molecule has 2 aliphatic rings. The first-order valence-corrected chi connectivity index (χ1v) is 9.59. The number of hydrogen-bond donors (Lipinski definition) is 0. The standard InChI is InChI=1S/C19H19ClN6O/c20-16-5-4-14(25-8-1-7-21-25)12-15(16)19(27)24-9-6-17-22-18(13-2-3-13)23-26(17)11-10-24/h1,4-5,7-8,12-13H,2-3,6,9-11H2. The molecule has 0 spiro atoms. The Kier molecular flexibility index (Phi) is 3.97. The van der Waals surface area contributed by atoms with Gasteiger partial charge in [-0.05, 0) is 37.1 Å². The Balaban J connectivity index is 1.36. The van der Waals surface area contributed by atoms with Crippen molar-refractivity contribution in [2.75, 3.05) is 13.1 Å². The van der Waals surface area contributed by atoms with Gasteiger partial charge in [0.1, 0.15) is 5.82 Å². The summed E-state index contributed by atoms with van der Waals surface area (Å²) in [6, 6.07) is 7.24. The molecule has 138 valence electrons. The fourth-order valence-corrected chi connectivity index (χ4v) is 3.65. The van der Waals surface area contributed by atoms with Gasteiger partial charge in [-0.1, -0.05) is 11.6 Å². The number of rotatable bonds is 3. The van der Waals surface area contributed by atoms with Gasteiger partial charge >= 0.3 is 0 Å². The SMILES string of the molecule is O=C(c1cc(-n2cccn2)ccc1Cl)N1CCc2nc(C3CC3)nn2CC1. The van der Waals surface area contributed by atoms with Crippen molar-refractivity contribution in [3.05, 3.63) is 58.9 Å². The van der Waals surface area contributed by atoms with Crippen molar-refractivity contribution in [1.29, 1.82) is 0 Å². The summed E-state index contributed by atoms with van der Waals surface area (Å²) in [6.45, 7) is 1.88. The maximum absolute atomic E-state index is 13.1. The molecule has 7 nitrogen and oxygen atoms in total. The predicted molar refractivity (Wildman–Crippen MR) is 100 cm³/mol. The highest BCUT2D eigenvalue weighted by Crippen LogP contribution is 2.38. The summed E-state index contributed by atoms with van der Waals surface area (Å²) in [5.74, 6) is 2.43. The Morgan fingerprint density at radius 2 is 2.07 bits per heavy atom. The summed E-state index contributed by atoms with van der Waals surface area (Å²) in [6.07, 6.45) is 6.64. The van der Waals surface area contributed by atoms with E-state index in [1.54, 1.807) is 23.0 Å². The number of benzene rings is 1. The Morgan fingerprint density at radius 3 is 2.85 bits per heavy atom. The molecule has 1 saturated carbocycles. The van der Waals surface area contributed by atoms with Crippen LogP contribution in [0.4, 0.5) is 0 Å². The van der Waals surface area contributed by atoms with E-state index < -0.39 is 0 Å². The summed E-state index contributed by atoms with van der Waals surface area (Å²) >= 11 is 6.34. The lowest BCUT2D eigenvalue weighted by Crippen LogP contribution is -2.34. The van der Waals surface area contributed by atoms with Crippen LogP contribution < -0.4 is 0 Å². The summed E-state index contributed by atoms with van der Waals surface area (Å²) < 4.78 is 3.68. The Hall–Kier alpha value is -2.67. The molecule has 3 aromatic rings. The van der Waals surface area contributed by atoms with Crippen molar-refractivity contribution in [3.63, 3.8) is 0 Å². The summed E-state index contributed by atoms with van der Waals surface area (Å²) in [7, 11) is 0. The van der Waals surface area contributed by atoms with E-state index in [-0.39, 0.29) is 5.91 Å². The van der Waals surface area contributed by atoms with Crippen molar-refractivity contribution in [2.45, 2.75) is 31.7 Å². The molecular formula is C19H19ClN6O. The first-order chi connectivity index (χ1) is 13.2. The zero-order chi connectivity index (χ0) is 18.4. The van der Waals surface area contributed by atoms with Gasteiger partial charge in [0.15, 0.2) is 5.82 Å². The predicted octanol–water partition coefficient (Wildman–Crippen LogP) is 2.69. The average molecular weight is 383 g/mol. The molecule has 0 bridgehead atoms. The number of carbonyl (C=O) groups is 1. The maximum atomic E-state index is 13.1. The van der Waals surface area contributed by atoms with Crippen LogP contribution in [0.3, 0.4) is 0 Å². The fourth-order valence-electron chi connectivity index (χ4n) is 3.45. The molecule has 1 amide bonds. The van der Waals surface area contributed by atoms with Gasteiger partial charge in [0.25, 0.3) is 5.91 Å². The molecular weight excluding hydrogens is 364 g/mol. The second kappa shape index (κ2) is 6.49. The van der Waals surface area contributed by atoms with Gasteiger partial charge < -0.3 is 4.90 Å². The lowest BCUT2D eigenvalue weighted by atomic mass is 10.1. The van der Waals surface area contributed by atoms with Crippen LogP contribution in [0.5, 0.6) is 0 Å². The normalized spacial score (nSPS) is 16.9. The maximum Gasteiger partial charge on any atom is 0.255 e. The Labute approximate surface area is 161 Å². The zero-order valence-corrected chi connectivity index (χ0v) is 15.5. The first-order valence-electron chi connectivity index (χ1n) is 9.21. The third-order valence-electron chi connectivity index (χ3n) is 5.13. The number of carbonyl (C=O) groups excluding carboxylic acids is 1. The van der Waals surface area contributed by atoms with Crippen molar-refractivity contribution in [3.8, 4) is 5.69 Å². The Morgan fingerprint density at radius 1 is 1.19 bits per heavy atom. The van der Waals surface area contributed by atoms with Crippen LogP contribution in [0.15, 0.2) is 36.7 Å². The third kappa shape index (κ3) is 3.12. The van der Waals surface area contributed by atoms with Gasteiger partial charge in [-0.15, -0.1) is 0 Å². The van der Waals surface area contributed by atoms with Gasteiger partial charge in [-0.2, -0.15) is 10.2 Å². The van der Waals surface area contributed by atoms with E-state index in [0.29, 0.717) is 42.6 Å². The average Bonchev–Trinajstić information content (AvgIpc) is 3.29. The molecule has 2 aromatic heterocycles. The number of hydrogen-bond acceptors (Lipinski definition) is 4. The molecule has 0 atom stereocenters. The molecule has 5 rings (SSSR count). The minimum Gasteiger partial charge on any atom is -0.336 e. The van der Waals surface area contributed by atoms with Crippen LogP contribution in [0, 0.1) is 0 Å². The van der Waals surface area contributed by atoms with Crippen LogP contribution in [0.2, 0.25) is 5.02 Å². The third-order valence-corrected chi connectivity index (χ3v) is 5.46. The zero-order valence-electron chi connectivity index (χ0n) is 14.8. The summed E-state index contributed by atoms with van der Waals surface area (Å²) in [4.78, 5) is 19.6. The fraction of sp³-hybridized carbons (Fsp3) is 0.368. The van der Waals surface area contributed by atoms with Gasteiger partial charge in [0.2, 0.25) is 0 Å². The highest BCUT2D eigenvalue weighted by molar-refractivity contribution is 6.33. The molecule has 8 heteroatoms. The highest BCUT2D eigenvalue weighted by Gasteiger charge is 2.30. The van der Waals surface area contributed by atoms with Gasteiger partial charge in [-0.3, -0.25) is 4.79 Å². The number of aromatic nitrogens is 5. The van der Waals surface area contributed by atoms with E-state index >= 15 is 0 Å². The molecule has 0 unspecified atom stereocenters. The van der Waals surface area contributed by atoms with Crippen molar-refractivity contribution >= 4 is 17.5 Å². The monoisotopic (exact) mass is 382 g/mol. The number of nitrogens with zero attached hydrogens (tertiary/aromatic N) is 6. The molecule has 27 heavy (non-hydrogen) atoms. The second-order valence-electron chi connectivity index (χ2n) is 7.04. The molecule has 1 aliphatic heterocycles. The minimum atomic E-state index is -0.0674. The van der Waals surface area contributed by atoms with Crippen molar-refractivity contribution in [2.24, 2.45) is 0 Å². The topological polar surface area (TPSA) is 68.8 Å². The van der Waals surface area contributed by atoms with Crippen LogP contribution in [0.25, 0.3) is 5.69 Å². The highest BCUT2D eigenvalue weighted by atomic mass is 35.5. The molecule has 0 radical (unpaired) electrons. The van der Waals surface area contributed by atoms with Crippen molar-refractivity contribution in [1.82, 2.24) is 29.4 Å². The smallest absolute Gasteiger partial charge is 0.255 e. The first kappa shape index (κ1) is 16.5. The van der Waals surface area contributed by atoms with Crippen LogP contribution in [-0.2, 0) is 13.0 Å². The molecule has 0 N–H and O–H groups in total. The lowest BCUT2D eigenvalue weighted by molar-refractivity contribution is 0.0758. The van der Waals surface area contributed by atoms with Crippen molar-refractivity contribution < 1.29 is 4.79 Å². The number of halogens is 1. The molecule has 0 saturated heterocycles. The molecule has 1 fully saturated rings. The lowest BCUT2D eigenvalue weighted by Gasteiger charge is -2.21. The molecule has 3 heterocycles. The van der Waals surface area contributed by atoms with Crippen LogP contribution >= 0.6 is 11.6 Å². The van der Waals surface area contributed by atoms with Gasteiger partial charge in [-0.25, -0.2) is 14.3 Å². The quantitative estimate of drug-likeness (QED) is 0.698. The van der Waals surface area contributed by atoms with E-state index in [4.69, 9.17) is 11.6 Å². The van der Waals surface area contributed by atoms with E-state index in [9.17, 15) is 4.79 Å². The van der Waals surface area contributed by atoms with E-state index in [0.717, 1.165) is 17.3 Å². The summed E-state index contributed by atoms with van der Waals surface area (Å²) in [5, 5.41) is 9.31. The molecule has 1 aromatic carbocycles. The largest absolute Gasteiger partial charge is 0.336 e. The van der Waals surface area contributed by atoms with E-state index in [2.05, 4.69) is 15.2 Å². The summed E-state index contributed by atoms with van der Waals surface area (Å²) in [5.41, 5.74) is 1.31. The van der Waals surface area contributed by atoms with E-state index in [1.807, 2.05) is 27.9 Å². The number of amides is 1. The van der Waals surface area contributed by atoms with Crippen LogP contribution in [-0.4, -0.2) is 48.4 Å². The van der Waals surface area contributed by atoms with E-state index in [1.165, 1.54) is 12.8 Å². The molecule has 1 aliphatic carbocycles. The van der Waals surface area contributed by atoms with Crippen LogP contribution in [0.1, 0.15) is 40.8 Å². The van der Waals surface area contributed by atoms with Gasteiger partial charge in [0.05, 0.1) is 22.8 Å². The minimum absolute atomic E-state index is 0.0674. The number of fused-ring (bicyclic) bond motifs is 1.